The lowest BCUT2D eigenvalue weighted by Gasteiger charge is -2.09. The molecule has 0 aromatic heterocycles. The Balaban J connectivity index is 1.91. The van der Waals surface area contributed by atoms with E-state index in [9.17, 15) is 8.42 Å². The molecule has 3 rings (SSSR count). The Hall–Kier alpha value is -1.55. The van der Waals surface area contributed by atoms with Crippen molar-refractivity contribution >= 4 is 43.8 Å². The third kappa shape index (κ3) is 3.86. The monoisotopic (exact) mass is 364 g/mol. The van der Waals surface area contributed by atoms with Crippen molar-refractivity contribution < 1.29 is 8.42 Å². The van der Waals surface area contributed by atoms with Crippen molar-refractivity contribution in [3.05, 3.63) is 81.8 Å². The van der Waals surface area contributed by atoms with Gasteiger partial charge in [-0.2, -0.15) is 0 Å². The summed E-state index contributed by atoms with van der Waals surface area (Å²) in [6, 6.07) is 18.3. The van der Waals surface area contributed by atoms with Crippen molar-refractivity contribution in [2.45, 2.75) is 11.5 Å². The minimum absolute atomic E-state index is 0.0205. The molecule has 5 heteroatoms. The summed E-state index contributed by atoms with van der Waals surface area (Å²) in [5, 5.41) is 2.86. The minimum atomic E-state index is -3.34. The Morgan fingerprint density at radius 2 is 1.48 bits per heavy atom. The molecule has 2 nitrogen and oxygen atoms in total. The average Bonchev–Trinajstić information content (AvgIpc) is 2.50. The van der Waals surface area contributed by atoms with E-state index in [-0.39, 0.29) is 11.5 Å². The number of hydrogen-bond donors (Lipinski definition) is 0. The maximum Gasteiger partial charge on any atom is 0.158 e. The molecule has 0 unspecified atom stereocenters. The van der Waals surface area contributed by atoms with Gasteiger partial charge in [0.2, 0.25) is 0 Å². The predicted molar refractivity (Wildman–Crippen MR) is 96.7 cm³/mol. The molecule has 118 valence electrons. The highest BCUT2D eigenvalue weighted by Crippen LogP contribution is 2.25. The van der Waals surface area contributed by atoms with E-state index in [1.165, 1.54) is 0 Å². The van der Waals surface area contributed by atoms with Gasteiger partial charge in [-0.05, 0) is 34.0 Å². The Kier molecular flexibility index (Phi) is 4.62. The molecule has 0 bridgehead atoms. The number of halogens is 2. The number of benzene rings is 3. The van der Waals surface area contributed by atoms with E-state index in [1.54, 1.807) is 18.2 Å². The smallest absolute Gasteiger partial charge is 0.158 e. The van der Waals surface area contributed by atoms with Crippen LogP contribution in [-0.2, 0) is 21.3 Å². The van der Waals surface area contributed by atoms with Crippen LogP contribution in [0.3, 0.4) is 0 Å². The van der Waals surface area contributed by atoms with Crippen LogP contribution in [0.15, 0.2) is 60.7 Å². The molecular formula is C18H14Cl2O2S. The van der Waals surface area contributed by atoms with Crippen LogP contribution in [0.25, 0.3) is 10.8 Å². The maximum absolute atomic E-state index is 12.6. The SMILES string of the molecule is O=S(=O)(Cc1ccc(Cl)cc1Cl)Cc1cccc2ccccc12. The zero-order chi connectivity index (χ0) is 16.4. The van der Waals surface area contributed by atoms with Crippen LogP contribution in [0.1, 0.15) is 11.1 Å². The highest BCUT2D eigenvalue weighted by Gasteiger charge is 2.16. The molecule has 0 radical (unpaired) electrons. The summed E-state index contributed by atoms with van der Waals surface area (Å²) in [5.41, 5.74) is 1.37. The van der Waals surface area contributed by atoms with E-state index in [2.05, 4.69) is 0 Å². The van der Waals surface area contributed by atoms with Crippen molar-refractivity contribution in [3.8, 4) is 0 Å². The Labute approximate surface area is 145 Å². The van der Waals surface area contributed by atoms with E-state index in [1.807, 2.05) is 42.5 Å². The number of sulfone groups is 1. The molecule has 0 heterocycles. The third-order valence-electron chi connectivity index (χ3n) is 3.65. The average molecular weight is 365 g/mol. The van der Waals surface area contributed by atoms with E-state index >= 15 is 0 Å². The van der Waals surface area contributed by atoms with Crippen LogP contribution in [0, 0.1) is 0 Å². The third-order valence-corrected chi connectivity index (χ3v) is 5.73. The summed E-state index contributed by atoms with van der Waals surface area (Å²) < 4.78 is 25.1. The highest BCUT2D eigenvalue weighted by molar-refractivity contribution is 7.89. The predicted octanol–water partition coefficient (Wildman–Crippen LogP) is 5.26. The first-order chi connectivity index (χ1) is 10.9. The number of hydrogen-bond acceptors (Lipinski definition) is 2. The standard InChI is InChI=1S/C18H14Cl2O2S/c19-16-9-8-15(18(20)10-16)12-23(21,22)11-14-6-3-5-13-4-1-2-7-17(13)14/h1-10H,11-12H2. The lowest BCUT2D eigenvalue weighted by Crippen LogP contribution is -2.08. The molecule has 0 fully saturated rings. The first-order valence-corrected chi connectivity index (χ1v) is 9.63. The summed E-state index contributed by atoms with van der Waals surface area (Å²) in [6.45, 7) is 0. The van der Waals surface area contributed by atoms with Crippen molar-refractivity contribution in [3.63, 3.8) is 0 Å². The van der Waals surface area contributed by atoms with E-state index in [4.69, 9.17) is 23.2 Å². The molecule has 0 N–H and O–H groups in total. The molecule has 0 spiro atoms. The molecule has 23 heavy (non-hydrogen) atoms. The van der Waals surface area contributed by atoms with Gasteiger partial charge in [-0.1, -0.05) is 71.7 Å². The van der Waals surface area contributed by atoms with Gasteiger partial charge in [0.25, 0.3) is 0 Å². The Bertz CT molecular complexity index is 960. The summed E-state index contributed by atoms with van der Waals surface area (Å²) in [4.78, 5) is 0. The fourth-order valence-corrected chi connectivity index (χ4v) is 4.69. The van der Waals surface area contributed by atoms with Gasteiger partial charge < -0.3 is 0 Å². The number of rotatable bonds is 4. The zero-order valence-corrected chi connectivity index (χ0v) is 14.5. The maximum atomic E-state index is 12.6. The molecular weight excluding hydrogens is 351 g/mol. The molecule has 3 aromatic carbocycles. The van der Waals surface area contributed by atoms with Crippen molar-refractivity contribution in [2.75, 3.05) is 0 Å². The number of fused-ring (bicyclic) bond motifs is 1. The summed E-state index contributed by atoms with van der Waals surface area (Å²) >= 11 is 11.9. The van der Waals surface area contributed by atoms with Gasteiger partial charge in [-0.3, -0.25) is 0 Å². The van der Waals surface area contributed by atoms with Gasteiger partial charge in [-0.15, -0.1) is 0 Å². The van der Waals surface area contributed by atoms with Crippen molar-refractivity contribution in [1.29, 1.82) is 0 Å². The fraction of sp³-hybridized carbons (Fsp3) is 0.111. The van der Waals surface area contributed by atoms with Gasteiger partial charge in [0.05, 0.1) is 11.5 Å². The van der Waals surface area contributed by atoms with Crippen LogP contribution in [0.4, 0.5) is 0 Å². The van der Waals surface area contributed by atoms with Crippen LogP contribution >= 0.6 is 23.2 Å². The minimum Gasteiger partial charge on any atom is -0.228 e. The molecule has 0 aliphatic rings. The quantitative estimate of drug-likeness (QED) is 0.632. The first-order valence-electron chi connectivity index (χ1n) is 7.06. The largest absolute Gasteiger partial charge is 0.228 e. The molecule has 0 atom stereocenters. The van der Waals surface area contributed by atoms with Crippen LogP contribution in [0.2, 0.25) is 10.0 Å². The van der Waals surface area contributed by atoms with Crippen molar-refractivity contribution in [2.24, 2.45) is 0 Å². The van der Waals surface area contributed by atoms with Crippen molar-refractivity contribution in [1.82, 2.24) is 0 Å². The second kappa shape index (κ2) is 6.52. The molecule has 0 saturated heterocycles. The van der Waals surface area contributed by atoms with Gasteiger partial charge >= 0.3 is 0 Å². The van der Waals surface area contributed by atoms with E-state index < -0.39 is 9.84 Å². The summed E-state index contributed by atoms with van der Waals surface area (Å²) in [5.74, 6) is -0.125. The zero-order valence-electron chi connectivity index (χ0n) is 12.2. The van der Waals surface area contributed by atoms with Gasteiger partial charge in [0.15, 0.2) is 9.84 Å². The molecule has 0 aliphatic heterocycles. The van der Waals surface area contributed by atoms with Crippen LogP contribution in [-0.4, -0.2) is 8.42 Å². The second-order valence-electron chi connectivity index (χ2n) is 5.41. The highest BCUT2D eigenvalue weighted by atomic mass is 35.5. The molecule has 0 aliphatic carbocycles. The van der Waals surface area contributed by atoms with Crippen LogP contribution < -0.4 is 0 Å². The molecule has 3 aromatic rings. The molecule has 0 amide bonds. The van der Waals surface area contributed by atoms with Gasteiger partial charge in [0.1, 0.15) is 0 Å². The van der Waals surface area contributed by atoms with Crippen LogP contribution in [0.5, 0.6) is 0 Å². The topological polar surface area (TPSA) is 34.1 Å². The summed E-state index contributed by atoms with van der Waals surface area (Å²) in [6.07, 6.45) is 0. The van der Waals surface area contributed by atoms with Gasteiger partial charge in [-0.25, -0.2) is 8.42 Å². The first kappa shape index (κ1) is 16.3. The lowest BCUT2D eigenvalue weighted by molar-refractivity contribution is 0.594. The summed E-state index contributed by atoms with van der Waals surface area (Å²) in [7, 11) is -3.34. The normalized spacial score (nSPS) is 11.7. The fourth-order valence-electron chi connectivity index (χ4n) is 2.58. The Morgan fingerprint density at radius 1 is 0.783 bits per heavy atom. The molecule has 0 saturated carbocycles. The van der Waals surface area contributed by atoms with E-state index in [0.29, 0.717) is 15.6 Å². The Morgan fingerprint density at radius 3 is 2.26 bits per heavy atom. The second-order valence-corrected chi connectivity index (χ2v) is 8.31. The lowest BCUT2D eigenvalue weighted by atomic mass is 10.1. The van der Waals surface area contributed by atoms with Gasteiger partial charge in [0, 0.05) is 10.0 Å². The van der Waals surface area contributed by atoms with E-state index in [0.717, 1.165) is 16.3 Å².